The molecule has 0 bridgehead atoms. The van der Waals surface area contributed by atoms with E-state index >= 15 is 0 Å². The minimum absolute atomic E-state index is 0.208. The molecule has 0 aliphatic carbocycles. The van der Waals surface area contributed by atoms with Gasteiger partial charge in [0.05, 0.1) is 18.8 Å². The summed E-state index contributed by atoms with van der Waals surface area (Å²) in [4.78, 5) is 0. The zero-order valence-electron chi connectivity index (χ0n) is 10.0. The highest BCUT2D eigenvalue weighted by molar-refractivity contribution is 4.56. The van der Waals surface area contributed by atoms with Gasteiger partial charge in [-0.05, 0) is 47.2 Å². The van der Waals surface area contributed by atoms with E-state index in [9.17, 15) is 0 Å². The SMILES string of the molecule is CCOCC(C)OC(C)CCCNC. The van der Waals surface area contributed by atoms with Crippen molar-refractivity contribution in [1.82, 2.24) is 5.32 Å². The summed E-state index contributed by atoms with van der Waals surface area (Å²) in [5.74, 6) is 0. The average molecular weight is 203 g/mol. The fourth-order valence-corrected chi connectivity index (χ4v) is 1.35. The van der Waals surface area contributed by atoms with Crippen LogP contribution in [0.4, 0.5) is 0 Å². The van der Waals surface area contributed by atoms with Crippen molar-refractivity contribution in [3.8, 4) is 0 Å². The van der Waals surface area contributed by atoms with Gasteiger partial charge in [-0.2, -0.15) is 0 Å². The van der Waals surface area contributed by atoms with Crippen LogP contribution in [0.5, 0.6) is 0 Å². The molecule has 3 heteroatoms. The van der Waals surface area contributed by atoms with Crippen LogP contribution in [0.1, 0.15) is 33.6 Å². The first-order valence-electron chi connectivity index (χ1n) is 5.58. The lowest BCUT2D eigenvalue weighted by atomic mass is 10.2. The maximum absolute atomic E-state index is 5.75. The van der Waals surface area contributed by atoms with Crippen LogP contribution in [0.25, 0.3) is 0 Å². The minimum Gasteiger partial charge on any atom is -0.379 e. The smallest absolute Gasteiger partial charge is 0.0784 e. The minimum atomic E-state index is 0.208. The number of ether oxygens (including phenoxy) is 2. The van der Waals surface area contributed by atoms with Crippen LogP contribution < -0.4 is 5.32 Å². The van der Waals surface area contributed by atoms with E-state index in [0.717, 1.165) is 19.6 Å². The van der Waals surface area contributed by atoms with Crippen molar-refractivity contribution in [2.24, 2.45) is 0 Å². The molecular formula is C11H25NO2. The van der Waals surface area contributed by atoms with Gasteiger partial charge in [0.1, 0.15) is 0 Å². The Labute approximate surface area is 88.2 Å². The normalized spacial score (nSPS) is 15.4. The zero-order valence-corrected chi connectivity index (χ0v) is 10.0. The molecule has 0 aromatic carbocycles. The second-order valence-corrected chi connectivity index (χ2v) is 3.66. The Kier molecular flexibility index (Phi) is 9.35. The van der Waals surface area contributed by atoms with Crippen LogP contribution in [0.2, 0.25) is 0 Å². The molecule has 0 radical (unpaired) electrons. The fourth-order valence-electron chi connectivity index (χ4n) is 1.35. The molecule has 3 nitrogen and oxygen atoms in total. The summed E-state index contributed by atoms with van der Waals surface area (Å²) in [5, 5.41) is 3.13. The Morgan fingerprint density at radius 2 is 1.93 bits per heavy atom. The van der Waals surface area contributed by atoms with Gasteiger partial charge in [-0.3, -0.25) is 0 Å². The van der Waals surface area contributed by atoms with Crippen LogP contribution >= 0.6 is 0 Å². The predicted molar refractivity (Wildman–Crippen MR) is 59.7 cm³/mol. The summed E-state index contributed by atoms with van der Waals surface area (Å²) in [6, 6.07) is 0. The highest BCUT2D eigenvalue weighted by Crippen LogP contribution is 2.05. The van der Waals surface area contributed by atoms with E-state index in [2.05, 4.69) is 19.2 Å². The quantitative estimate of drug-likeness (QED) is 0.580. The van der Waals surface area contributed by atoms with Crippen LogP contribution in [0, 0.1) is 0 Å². The maximum atomic E-state index is 5.75. The molecule has 0 saturated carbocycles. The van der Waals surface area contributed by atoms with Gasteiger partial charge in [-0.25, -0.2) is 0 Å². The van der Waals surface area contributed by atoms with Crippen LogP contribution in [-0.2, 0) is 9.47 Å². The highest BCUT2D eigenvalue weighted by atomic mass is 16.5. The summed E-state index contributed by atoms with van der Waals surface area (Å²) < 4.78 is 11.0. The molecule has 0 aliphatic heterocycles. The second kappa shape index (κ2) is 9.44. The Morgan fingerprint density at radius 3 is 2.50 bits per heavy atom. The van der Waals surface area contributed by atoms with Crippen molar-refractivity contribution in [3.05, 3.63) is 0 Å². The summed E-state index contributed by atoms with van der Waals surface area (Å²) >= 11 is 0. The van der Waals surface area contributed by atoms with E-state index < -0.39 is 0 Å². The number of hydrogen-bond acceptors (Lipinski definition) is 3. The molecule has 1 N–H and O–H groups in total. The van der Waals surface area contributed by atoms with Gasteiger partial charge in [0, 0.05) is 6.61 Å². The first kappa shape index (κ1) is 13.9. The number of hydrogen-bond donors (Lipinski definition) is 1. The van der Waals surface area contributed by atoms with E-state index in [-0.39, 0.29) is 6.10 Å². The predicted octanol–water partition coefficient (Wildman–Crippen LogP) is 1.82. The summed E-state index contributed by atoms with van der Waals surface area (Å²) in [5.41, 5.74) is 0. The third kappa shape index (κ3) is 8.48. The molecule has 0 aromatic heterocycles. The lowest BCUT2D eigenvalue weighted by Crippen LogP contribution is -2.22. The topological polar surface area (TPSA) is 30.5 Å². The molecule has 0 aromatic rings. The van der Waals surface area contributed by atoms with Crippen molar-refractivity contribution in [1.29, 1.82) is 0 Å². The van der Waals surface area contributed by atoms with Gasteiger partial charge in [0.15, 0.2) is 0 Å². The molecule has 0 fully saturated rings. The maximum Gasteiger partial charge on any atom is 0.0784 e. The van der Waals surface area contributed by atoms with Crippen molar-refractivity contribution in [3.63, 3.8) is 0 Å². The molecule has 0 spiro atoms. The molecule has 2 unspecified atom stereocenters. The summed E-state index contributed by atoms with van der Waals surface area (Å²) in [7, 11) is 1.98. The van der Waals surface area contributed by atoms with Crippen molar-refractivity contribution < 1.29 is 9.47 Å². The van der Waals surface area contributed by atoms with E-state index in [1.807, 2.05) is 14.0 Å². The fraction of sp³-hybridized carbons (Fsp3) is 1.00. The third-order valence-corrected chi connectivity index (χ3v) is 2.06. The molecule has 2 atom stereocenters. The third-order valence-electron chi connectivity index (χ3n) is 2.06. The monoisotopic (exact) mass is 203 g/mol. The van der Waals surface area contributed by atoms with Crippen molar-refractivity contribution >= 4 is 0 Å². The molecular weight excluding hydrogens is 178 g/mol. The summed E-state index contributed by atoms with van der Waals surface area (Å²) in [6.07, 6.45) is 2.81. The molecule has 0 amide bonds. The van der Waals surface area contributed by atoms with Crippen LogP contribution in [-0.4, -0.2) is 39.0 Å². The molecule has 0 saturated heterocycles. The van der Waals surface area contributed by atoms with E-state index in [1.54, 1.807) is 0 Å². The Bertz CT molecular complexity index is 120. The van der Waals surface area contributed by atoms with Crippen LogP contribution in [0.3, 0.4) is 0 Å². The van der Waals surface area contributed by atoms with Gasteiger partial charge < -0.3 is 14.8 Å². The van der Waals surface area contributed by atoms with Gasteiger partial charge >= 0.3 is 0 Å². The number of nitrogens with one attached hydrogen (secondary N) is 1. The van der Waals surface area contributed by atoms with Crippen molar-refractivity contribution in [2.75, 3.05) is 26.8 Å². The molecule has 0 rings (SSSR count). The Hall–Kier alpha value is -0.120. The molecule has 0 aliphatic rings. The largest absolute Gasteiger partial charge is 0.379 e. The van der Waals surface area contributed by atoms with Gasteiger partial charge in [-0.1, -0.05) is 0 Å². The first-order valence-corrected chi connectivity index (χ1v) is 5.58. The van der Waals surface area contributed by atoms with Crippen LogP contribution in [0.15, 0.2) is 0 Å². The van der Waals surface area contributed by atoms with Gasteiger partial charge in [-0.15, -0.1) is 0 Å². The highest BCUT2D eigenvalue weighted by Gasteiger charge is 2.07. The lowest BCUT2D eigenvalue weighted by molar-refractivity contribution is -0.0422. The van der Waals surface area contributed by atoms with Crippen molar-refractivity contribution in [2.45, 2.75) is 45.8 Å². The van der Waals surface area contributed by atoms with E-state index in [1.165, 1.54) is 6.42 Å². The molecule has 86 valence electrons. The summed E-state index contributed by atoms with van der Waals surface area (Å²) in [6.45, 7) is 8.72. The first-order chi connectivity index (χ1) is 6.70. The standard InChI is InChI=1S/C11H25NO2/c1-5-13-9-11(3)14-10(2)7-6-8-12-4/h10-12H,5-9H2,1-4H3. The average Bonchev–Trinajstić information content (AvgIpc) is 2.15. The number of rotatable bonds is 9. The zero-order chi connectivity index (χ0) is 10.8. The Morgan fingerprint density at radius 1 is 1.21 bits per heavy atom. The van der Waals surface area contributed by atoms with Gasteiger partial charge in [0.2, 0.25) is 0 Å². The van der Waals surface area contributed by atoms with Gasteiger partial charge in [0.25, 0.3) is 0 Å². The Balaban J connectivity index is 3.35. The lowest BCUT2D eigenvalue weighted by Gasteiger charge is -2.18. The van der Waals surface area contributed by atoms with E-state index in [0.29, 0.717) is 12.7 Å². The van der Waals surface area contributed by atoms with E-state index in [4.69, 9.17) is 9.47 Å². The second-order valence-electron chi connectivity index (χ2n) is 3.66. The molecule has 14 heavy (non-hydrogen) atoms. The molecule has 0 heterocycles.